The molecule has 1 atom stereocenters. The first-order chi connectivity index (χ1) is 13.9. The molecule has 150 valence electrons. The SMILES string of the molecule is COC(=O)c1ccc2oc(CCCC3(C)Cc4cc(C(=O)O)ccc4O3)cc2c1. The molecule has 1 aromatic heterocycles. The lowest BCUT2D eigenvalue weighted by Gasteiger charge is -2.23. The van der Waals surface area contributed by atoms with E-state index in [0.29, 0.717) is 12.0 Å². The highest BCUT2D eigenvalue weighted by Crippen LogP contribution is 2.38. The van der Waals surface area contributed by atoms with Gasteiger partial charge in [0, 0.05) is 18.2 Å². The van der Waals surface area contributed by atoms with E-state index < -0.39 is 5.97 Å². The van der Waals surface area contributed by atoms with Crippen molar-refractivity contribution in [3.8, 4) is 5.75 Å². The van der Waals surface area contributed by atoms with E-state index in [1.807, 2.05) is 6.07 Å². The van der Waals surface area contributed by atoms with Gasteiger partial charge >= 0.3 is 11.9 Å². The Morgan fingerprint density at radius 3 is 2.69 bits per heavy atom. The Kier molecular flexibility index (Phi) is 4.78. The average Bonchev–Trinajstić information content (AvgIpc) is 3.25. The highest BCUT2D eigenvalue weighted by molar-refractivity contribution is 5.94. The van der Waals surface area contributed by atoms with Crippen LogP contribution in [-0.2, 0) is 17.6 Å². The van der Waals surface area contributed by atoms with E-state index in [9.17, 15) is 9.59 Å². The molecule has 2 heterocycles. The van der Waals surface area contributed by atoms with Gasteiger partial charge in [-0.1, -0.05) is 0 Å². The summed E-state index contributed by atoms with van der Waals surface area (Å²) >= 11 is 0. The molecule has 1 unspecified atom stereocenters. The van der Waals surface area contributed by atoms with E-state index >= 15 is 0 Å². The van der Waals surface area contributed by atoms with Crippen LogP contribution in [0.4, 0.5) is 0 Å². The van der Waals surface area contributed by atoms with Crippen molar-refractivity contribution in [1.29, 1.82) is 0 Å². The van der Waals surface area contributed by atoms with Crippen LogP contribution in [-0.4, -0.2) is 29.8 Å². The molecule has 6 heteroatoms. The Balaban J connectivity index is 1.40. The highest BCUT2D eigenvalue weighted by Gasteiger charge is 2.34. The molecule has 1 N–H and O–H groups in total. The van der Waals surface area contributed by atoms with Crippen LogP contribution in [0.2, 0.25) is 0 Å². The van der Waals surface area contributed by atoms with Crippen molar-refractivity contribution in [2.75, 3.05) is 7.11 Å². The molecule has 0 amide bonds. The predicted octanol–water partition coefficient (Wildman–Crippen LogP) is 4.63. The molecule has 1 aliphatic heterocycles. The highest BCUT2D eigenvalue weighted by atomic mass is 16.5. The molecule has 0 radical (unpaired) electrons. The molecule has 0 bridgehead atoms. The van der Waals surface area contributed by atoms with Gasteiger partial charge in [-0.15, -0.1) is 0 Å². The minimum absolute atomic E-state index is 0.283. The number of aromatic carboxylic acids is 1. The summed E-state index contributed by atoms with van der Waals surface area (Å²) in [6.45, 7) is 2.05. The maximum atomic E-state index is 11.7. The van der Waals surface area contributed by atoms with Gasteiger partial charge in [-0.3, -0.25) is 0 Å². The van der Waals surface area contributed by atoms with Gasteiger partial charge in [-0.2, -0.15) is 0 Å². The van der Waals surface area contributed by atoms with Crippen LogP contribution in [0.1, 0.15) is 51.8 Å². The number of hydrogen-bond donors (Lipinski definition) is 1. The zero-order valence-electron chi connectivity index (χ0n) is 16.4. The summed E-state index contributed by atoms with van der Waals surface area (Å²) in [5.41, 5.74) is 2.10. The Morgan fingerprint density at radius 1 is 1.14 bits per heavy atom. The lowest BCUT2D eigenvalue weighted by Crippen LogP contribution is -2.30. The first kappa shape index (κ1) is 19.1. The third-order valence-electron chi connectivity index (χ3n) is 5.35. The Morgan fingerprint density at radius 2 is 1.93 bits per heavy atom. The van der Waals surface area contributed by atoms with Crippen LogP contribution < -0.4 is 4.74 Å². The number of fused-ring (bicyclic) bond motifs is 2. The number of esters is 1. The summed E-state index contributed by atoms with van der Waals surface area (Å²) in [7, 11) is 1.36. The van der Waals surface area contributed by atoms with Crippen molar-refractivity contribution >= 4 is 22.9 Å². The molecular weight excluding hydrogens is 372 g/mol. The van der Waals surface area contributed by atoms with Gasteiger partial charge < -0.3 is 19.0 Å². The molecule has 0 saturated heterocycles. The van der Waals surface area contributed by atoms with E-state index in [1.165, 1.54) is 7.11 Å². The van der Waals surface area contributed by atoms with Crippen molar-refractivity contribution < 1.29 is 28.6 Å². The molecule has 1 aliphatic rings. The number of methoxy groups -OCH3 is 1. The van der Waals surface area contributed by atoms with Crippen LogP contribution in [0.25, 0.3) is 11.0 Å². The number of carboxylic acids is 1. The van der Waals surface area contributed by atoms with Crippen molar-refractivity contribution in [1.82, 2.24) is 0 Å². The van der Waals surface area contributed by atoms with Crippen LogP contribution in [0.3, 0.4) is 0 Å². The predicted molar refractivity (Wildman–Crippen MR) is 107 cm³/mol. The fourth-order valence-electron chi connectivity index (χ4n) is 3.90. The summed E-state index contributed by atoms with van der Waals surface area (Å²) < 4.78 is 16.7. The second-order valence-electron chi connectivity index (χ2n) is 7.67. The topological polar surface area (TPSA) is 86.0 Å². The van der Waals surface area contributed by atoms with Crippen LogP contribution >= 0.6 is 0 Å². The van der Waals surface area contributed by atoms with E-state index in [1.54, 1.807) is 36.4 Å². The standard InChI is InChI=1S/C23H22O6/c1-23(13-17-10-14(21(24)25)5-8-20(17)29-23)9-3-4-18-12-16-11-15(22(26)27-2)6-7-19(16)28-18/h5-8,10-12H,3-4,9,13H2,1-2H3,(H,24,25). The maximum absolute atomic E-state index is 11.7. The first-order valence-electron chi connectivity index (χ1n) is 9.53. The van der Waals surface area contributed by atoms with Gasteiger partial charge in [0.2, 0.25) is 0 Å². The molecule has 0 spiro atoms. The molecule has 0 fully saturated rings. The van der Waals surface area contributed by atoms with Crippen LogP contribution in [0.15, 0.2) is 46.9 Å². The van der Waals surface area contributed by atoms with Gasteiger partial charge in [-0.05, 0) is 67.8 Å². The molecule has 0 aliphatic carbocycles. The molecular formula is C23H22O6. The van der Waals surface area contributed by atoms with Crippen molar-refractivity contribution in [3.63, 3.8) is 0 Å². The molecule has 4 rings (SSSR count). The summed E-state index contributed by atoms with van der Waals surface area (Å²) in [5.74, 6) is 0.319. The quantitative estimate of drug-likeness (QED) is 0.613. The monoisotopic (exact) mass is 394 g/mol. The van der Waals surface area contributed by atoms with Crippen molar-refractivity contribution in [2.45, 2.75) is 38.2 Å². The summed E-state index contributed by atoms with van der Waals surface area (Å²) in [4.78, 5) is 22.8. The number of ether oxygens (including phenoxy) is 2. The van der Waals surface area contributed by atoms with Gasteiger partial charge in [0.05, 0.1) is 18.2 Å². The van der Waals surface area contributed by atoms with Gasteiger partial charge in [-0.25, -0.2) is 9.59 Å². The smallest absolute Gasteiger partial charge is 0.337 e. The van der Waals surface area contributed by atoms with Gasteiger partial charge in [0.1, 0.15) is 22.7 Å². The number of rotatable bonds is 6. The largest absolute Gasteiger partial charge is 0.487 e. The fraction of sp³-hybridized carbons (Fsp3) is 0.304. The number of furan rings is 1. The normalized spacial score (nSPS) is 17.7. The molecule has 2 aromatic carbocycles. The third kappa shape index (κ3) is 3.83. The lowest BCUT2D eigenvalue weighted by molar-refractivity contribution is 0.0600. The number of aryl methyl sites for hydroxylation is 1. The van der Waals surface area contributed by atoms with Gasteiger partial charge in [0.25, 0.3) is 0 Å². The second kappa shape index (κ2) is 7.28. The van der Waals surface area contributed by atoms with Gasteiger partial charge in [0.15, 0.2) is 0 Å². The zero-order chi connectivity index (χ0) is 20.6. The lowest BCUT2D eigenvalue weighted by atomic mass is 9.92. The Bertz CT molecular complexity index is 1100. The minimum atomic E-state index is -0.929. The average molecular weight is 394 g/mol. The van der Waals surface area contributed by atoms with E-state index in [4.69, 9.17) is 19.0 Å². The van der Waals surface area contributed by atoms with Crippen molar-refractivity contribution in [2.24, 2.45) is 0 Å². The second-order valence-corrected chi connectivity index (χ2v) is 7.67. The van der Waals surface area contributed by atoms with E-state index in [2.05, 4.69) is 6.92 Å². The third-order valence-corrected chi connectivity index (χ3v) is 5.35. The Labute approximate surface area is 168 Å². The number of carbonyl (C=O) groups is 2. The van der Waals surface area contributed by atoms with Crippen LogP contribution in [0, 0.1) is 0 Å². The number of carboxylic acid groups (broad SMARTS) is 1. The molecule has 6 nitrogen and oxygen atoms in total. The number of carbonyl (C=O) groups excluding carboxylic acids is 1. The summed E-state index contributed by atoms with van der Waals surface area (Å²) in [6.07, 6.45) is 3.11. The molecule has 0 saturated carbocycles. The van der Waals surface area contributed by atoms with E-state index in [0.717, 1.165) is 47.3 Å². The van der Waals surface area contributed by atoms with Crippen LogP contribution in [0.5, 0.6) is 5.75 Å². The maximum Gasteiger partial charge on any atom is 0.337 e. The zero-order valence-corrected chi connectivity index (χ0v) is 16.4. The number of hydrogen-bond acceptors (Lipinski definition) is 5. The molecule has 3 aromatic rings. The first-order valence-corrected chi connectivity index (χ1v) is 9.53. The summed E-state index contributed by atoms with van der Waals surface area (Å²) in [5, 5.41) is 10.0. The molecule has 29 heavy (non-hydrogen) atoms. The number of benzene rings is 2. The van der Waals surface area contributed by atoms with E-state index in [-0.39, 0.29) is 17.1 Å². The minimum Gasteiger partial charge on any atom is -0.487 e. The Hall–Kier alpha value is -3.28. The summed E-state index contributed by atoms with van der Waals surface area (Å²) in [6, 6.07) is 12.2. The fourth-order valence-corrected chi connectivity index (χ4v) is 3.90. The van der Waals surface area contributed by atoms with Crippen molar-refractivity contribution in [3.05, 3.63) is 64.9 Å².